The molecular weight excluding hydrogens is 220 g/mol. The number of aromatic nitrogens is 2. The van der Waals surface area contributed by atoms with E-state index in [1.807, 2.05) is 10.8 Å². The summed E-state index contributed by atoms with van der Waals surface area (Å²) in [7, 11) is 0. The van der Waals surface area contributed by atoms with Crippen LogP contribution in [0.25, 0.3) is 0 Å². The summed E-state index contributed by atoms with van der Waals surface area (Å²) >= 11 is 5.17. The number of aromatic amines is 1. The third-order valence-corrected chi connectivity index (χ3v) is 4.55. The molecule has 0 aromatic carbocycles. The van der Waals surface area contributed by atoms with E-state index in [9.17, 15) is 4.79 Å². The monoisotopic (exact) mass is 236 g/mol. The molecule has 3 nitrogen and oxygen atoms in total. The molecule has 0 radical (unpaired) electrons. The quantitative estimate of drug-likeness (QED) is 0.800. The molecule has 3 rings (SSSR count). The highest BCUT2D eigenvalue weighted by molar-refractivity contribution is 7.71. The second-order valence-corrected chi connectivity index (χ2v) is 5.58. The van der Waals surface area contributed by atoms with Crippen molar-refractivity contribution in [1.29, 1.82) is 0 Å². The summed E-state index contributed by atoms with van der Waals surface area (Å²) in [4.78, 5) is 13.8. The van der Waals surface area contributed by atoms with E-state index >= 15 is 0 Å². The molecule has 1 heterocycles. The predicted octanol–water partition coefficient (Wildman–Crippen LogP) is 2.34. The van der Waals surface area contributed by atoms with Crippen LogP contribution in [0.2, 0.25) is 0 Å². The first-order valence-electron chi connectivity index (χ1n) is 6.02. The van der Waals surface area contributed by atoms with Crippen LogP contribution in [0, 0.1) is 22.5 Å². The summed E-state index contributed by atoms with van der Waals surface area (Å²) in [6.07, 6.45) is 7.42. The minimum atomic E-state index is -0.103. The maximum atomic E-state index is 11.1. The number of nitrogens with zero attached hydrogens (tertiary/aromatic N) is 1. The number of H-pyrrole nitrogens is 1. The SMILES string of the molecule is O=c1ccn(CC2CC3CCC2C3)c(=S)[nH]1. The highest BCUT2D eigenvalue weighted by Crippen LogP contribution is 2.48. The van der Waals surface area contributed by atoms with Gasteiger partial charge in [-0.1, -0.05) is 6.42 Å². The van der Waals surface area contributed by atoms with Crippen molar-refractivity contribution in [3.8, 4) is 0 Å². The Hall–Kier alpha value is -0.900. The number of fused-ring (bicyclic) bond motifs is 2. The van der Waals surface area contributed by atoms with Crippen LogP contribution in [0.3, 0.4) is 0 Å². The van der Waals surface area contributed by atoms with E-state index in [1.165, 1.54) is 25.7 Å². The van der Waals surface area contributed by atoms with E-state index in [2.05, 4.69) is 4.98 Å². The van der Waals surface area contributed by atoms with Gasteiger partial charge in [0, 0.05) is 18.8 Å². The van der Waals surface area contributed by atoms with Crippen molar-refractivity contribution >= 4 is 12.2 Å². The molecule has 1 aromatic rings. The zero-order valence-electron chi connectivity index (χ0n) is 9.19. The van der Waals surface area contributed by atoms with Crippen LogP contribution in [0.15, 0.2) is 17.1 Å². The summed E-state index contributed by atoms with van der Waals surface area (Å²) in [6.45, 7) is 0.983. The Morgan fingerprint density at radius 1 is 1.44 bits per heavy atom. The summed E-state index contributed by atoms with van der Waals surface area (Å²) in [6, 6.07) is 1.56. The molecule has 3 atom stereocenters. The average Bonchev–Trinajstić information content (AvgIpc) is 2.84. The standard InChI is InChI=1S/C12H16N2OS/c15-11-3-4-14(12(16)13-11)7-10-6-8-1-2-9(10)5-8/h3-4,8-10H,1-2,5-7H2,(H,13,15,16). The van der Waals surface area contributed by atoms with Gasteiger partial charge in [-0.25, -0.2) is 0 Å². The van der Waals surface area contributed by atoms with Gasteiger partial charge in [0.05, 0.1) is 0 Å². The zero-order chi connectivity index (χ0) is 11.1. The first kappa shape index (κ1) is 10.3. The molecule has 2 saturated carbocycles. The van der Waals surface area contributed by atoms with Crippen LogP contribution < -0.4 is 5.56 Å². The lowest BCUT2D eigenvalue weighted by Crippen LogP contribution is -2.20. The van der Waals surface area contributed by atoms with Gasteiger partial charge in [0.15, 0.2) is 4.77 Å². The van der Waals surface area contributed by atoms with E-state index < -0.39 is 0 Å². The molecule has 2 fully saturated rings. The van der Waals surface area contributed by atoms with Gasteiger partial charge >= 0.3 is 0 Å². The first-order chi connectivity index (χ1) is 7.72. The number of nitrogens with one attached hydrogen (secondary N) is 1. The molecule has 0 spiro atoms. The molecule has 2 aliphatic carbocycles. The molecular formula is C12H16N2OS. The lowest BCUT2D eigenvalue weighted by atomic mass is 9.89. The van der Waals surface area contributed by atoms with E-state index in [0.29, 0.717) is 4.77 Å². The van der Waals surface area contributed by atoms with Gasteiger partial charge in [0.25, 0.3) is 5.56 Å². The first-order valence-corrected chi connectivity index (χ1v) is 6.43. The van der Waals surface area contributed by atoms with Gasteiger partial charge in [-0.05, 0) is 49.2 Å². The van der Waals surface area contributed by atoms with E-state index in [4.69, 9.17) is 12.2 Å². The van der Waals surface area contributed by atoms with Gasteiger partial charge in [0.2, 0.25) is 0 Å². The third kappa shape index (κ3) is 1.75. The number of hydrogen-bond acceptors (Lipinski definition) is 2. The van der Waals surface area contributed by atoms with Crippen molar-refractivity contribution in [2.75, 3.05) is 0 Å². The second kappa shape index (κ2) is 3.84. The molecule has 2 bridgehead atoms. The van der Waals surface area contributed by atoms with Crippen LogP contribution in [0.1, 0.15) is 25.7 Å². The normalized spacial score (nSPS) is 32.1. The molecule has 1 N–H and O–H groups in total. The van der Waals surface area contributed by atoms with Crippen molar-refractivity contribution in [1.82, 2.24) is 9.55 Å². The fourth-order valence-corrected chi connectivity index (χ4v) is 3.68. The van der Waals surface area contributed by atoms with Gasteiger partial charge in [-0.2, -0.15) is 0 Å². The predicted molar refractivity (Wildman–Crippen MR) is 64.8 cm³/mol. The van der Waals surface area contributed by atoms with E-state index in [1.54, 1.807) is 6.07 Å². The van der Waals surface area contributed by atoms with Crippen molar-refractivity contribution in [3.63, 3.8) is 0 Å². The van der Waals surface area contributed by atoms with E-state index in [0.717, 1.165) is 24.3 Å². The maximum absolute atomic E-state index is 11.1. The summed E-state index contributed by atoms with van der Waals surface area (Å²) in [5, 5.41) is 0. The van der Waals surface area contributed by atoms with E-state index in [-0.39, 0.29) is 5.56 Å². The summed E-state index contributed by atoms with van der Waals surface area (Å²) < 4.78 is 2.58. The van der Waals surface area contributed by atoms with Gasteiger partial charge in [-0.15, -0.1) is 0 Å². The fraction of sp³-hybridized carbons (Fsp3) is 0.667. The fourth-order valence-electron chi connectivity index (χ4n) is 3.44. The van der Waals surface area contributed by atoms with Crippen molar-refractivity contribution < 1.29 is 0 Å². The Morgan fingerprint density at radius 3 is 2.94 bits per heavy atom. The third-order valence-electron chi connectivity index (χ3n) is 4.21. The van der Waals surface area contributed by atoms with Crippen molar-refractivity contribution in [2.24, 2.45) is 17.8 Å². The topological polar surface area (TPSA) is 37.8 Å². The van der Waals surface area contributed by atoms with Crippen molar-refractivity contribution in [3.05, 3.63) is 27.4 Å². The largest absolute Gasteiger partial charge is 0.325 e. The van der Waals surface area contributed by atoms with Gasteiger partial charge < -0.3 is 4.57 Å². The highest BCUT2D eigenvalue weighted by atomic mass is 32.1. The molecule has 0 saturated heterocycles. The second-order valence-electron chi connectivity index (χ2n) is 5.20. The van der Waals surface area contributed by atoms with Crippen molar-refractivity contribution in [2.45, 2.75) is 32.2 Å². The summed E-state index contributed by atoms with van der Waals surface area (Å²) in [5.41, 5.74) is -0.103. The Balaban J connectivity index is 1.79. The lowest BCUT2D eigenvalue weighted by molar-refractivity contribution is 0.293. The Labute approximate surface area is 99.5 Å². The number of rotatable bonds is 2. The Bertz CT molecular complexity index is 504. The summed E-state index contributed by atoms with van der Waals surface area (Å²) in [5.74, 6) is 2.64. The van der Waals surface area contributed by atoms with Crippen LogP contribution in [-0.2, 0) is 6.54 Å². The minimum Gasteiger partial charge on any atom is -0.325 e. The van der Waals surface area contributed by atoms with Crippen LogP contribution >= 0.6 is 12.2 Å². The Kier molecular flexibility index (Phi) is 2.46. The van der Waals surface area contributed by atoms with Gasteiger partial charge in [0.1, 0.15) is 0 Å². The molecule has 1 aromatic heterocycles. The average molecular weight is 236 g/mol. The molecule has 86 valence electrons. The smallest absolute Gasteiger partial charge is 0.251 e. The molecule has 16 heavy (non-hydrogen) atoms. The minimum absolute atomic E-state index is 0.103. The molecule has 2 aliphatic rings. The maximum Gasteiger partial charge on any atom is 0.251 e. The lowest BCUT2D eigenvalue weighted by Gasteiger charge is -2.22. The molecule has 4 heteroatoms. The molecule has 3 unspecified atom stereocenters. The molecule has 0 aliphatic heterocycles. The van der Waals surface area contributed by atoms with Crippen LogP contribution in [0.5, 0.6) is 0 Å². The van der Waals surface area contributed by atoms with Crippen LogP contribution in [0.4, 0.5) is 0 Å². The van der Waals surface area contributed by atoms with Crippen LogP contribution in [-0.4, -0.2) is 9.55 Å². The zero-order valence-corrected chi connectivity index (χ0v) is 10.0. The van der Waals surface area contributed by atoms with Gasteiger partial charge in [-0.3, -0.25) is 9.78 Å². The molecule has 0 amide bonds. The Morgan fingerprint density at radius 2 is 2.31 bits per heavy atom. The highest BCUT2D eigenvalue weighted by Gasteiger charge is 2.39. The number of hydrogen-bond donors (Lipinski definition) is 1.